The van der Waals surface area contributed by atoms with E-state index in [1.54, 1.807) is 7.11 Å². The van der Waals surface area contributed by atoms with E-state index < -0.39 is 5.41 Å². The second kappa shape index (κ2) is 6.29. The molecule has 1 aromatic rings. The highest BCUT2D eigenvalue weighted by Gasteiger charge is 2.42. The van der Waals surface area contributed by atoms with Crippen LogP contribution in [0.4, 0.5) is 5.95 Å². The molecule has 126 valence electrons. The predicted molar refractivity (Wildman–Crippen MR) is 83.3 cm³/mol. The fourth-order valence-corrected chi connectivity index (χ4v) is 2.83. The van der Waals surface area contributed by atoms with Crippen molar-refractivity contribution < 1.29 is 14.3 Å². The van der Waals surface area contributed by atoms with Gasteiger partial charge < -0.3 is 19.7 Å². The molecule has 2 fully saturated rings. The number of rotatable bonds is 5. The van der Waals surface area contributed by atoms with Crippen LogP contribution in [-0.2, 0) is 20.9 Å². The summed E-state index contributed by atoms with van der Waals surface area (Å²) < 4.78 is 10.2. The third-order valence-corrected chi connectivity index (χ3v) is 4.29. The summed E-state index contributed by atoms with van der Waals surface area (Å²) in [6.45, 7) is 4.51. The van der Waals surface area contributed by atoms with Crippen LogP contribution in [0.1, 0.15) is 19.0 Å². The normalized spacial score (nSPS) is 22.7. The number of nitrogens with one attached hydrogen (secondary N) is 2. The van der Waals surface area contributed by atoms with Gasteiger partial charge in [-0.1, -0.05) is 0 Å². The first-order chi connectivity index (χ1) is 11.0. The van der Waals surface area contributed by atoms with Crippen LogP contribution in [0.3, 0.4) is 0 Å². The second-order valence-corrected chi connectivity index (χ2v) is 6.45. The molecule has 8 heteroatoms. The molecular formula is C15H22N4O4. The van der Waals surface area contributed by atoms with Crippen molar-refractivity contribution in [2.24, 2.45) is 5.41 Å². The second-order valence-electron chi connectivity index (χ2n) is 6.45. The zero-order valence-corrected chi connectivity index (χ0v) is 13.4. The van der Waals surface area contributed by atoms with Gasteiger partial charge in [0.15, 0.2) is 0 Å². The molecule has 2 N–H and O–H groups in total. The van der Waals surface area contributed by atoms with Crippen LogP contribution in [0.2, 0.25) is 0 Å². The van der Waals surface area contributed by atoms with E-state index in [4.69, 9.17) is 9.47 Å². The van der Waals surface area contributed by atoms with Crippen LogP contribution in [0, 0.1) is 5.41 Å². The lowest BCUT2D eigenvalue weighted by molar-refractivity contribution is -0.158. The fourth-order valence-electron chi connectivity index (χ4n) is 2.83. The van der Waals surface area contributed by atoms with Gasteiger partial charge in [-0.2, -0.15) is 0 Å². The number of H-pyrrole nitrogens is 1. The first-order valence-electron chi connectivity index (χ1n) is 7.73. The molecule has 0 radical (unpaired) electrons. The third kappa shape index (κ3) is 3.37. The van der Waals surface area contributed by atoms with Gasteiger partial charge in [-0.25, -0.2) is 4.98 Å². The lowest BCUT2D eigenvalue weighted by atomic mass is 9.87. The summed E-state index contributed by atoms with van der Waals surface area (Å²) in [5, 5.41) is 3.07. The van der Waals surface area contributed by atoms with Crippen molar-refractivity contribution in [3.05, 3.63) is 22.1 Å². The van der Waals surface area contributed by atoms with Crippen molar-refractivity contribution in [2.45, 2.75) is 26.0 Å². The number of methoxy groups -OCH3 is 1. The molecule has 3 heterocycles. The Bertz CT molecular complexity index is 641. The Morgan fingerprint density at radius 1 is 1.61 bits per heavy atom. The lowest BCUT2D eigenvalue weighted by Gasteiger charge is -2.37. The molecule has 1 unspecified atom stereocenters. The maximum Gasteiger partial charge on any atom is 0.252 e. The highest BCUT2D eigenvalue weighted by Crippen LogP contribution is 2.27. The molecular weight excluding hydrogens is 300 g/mol. The van der Waals surface area contributed by atoms with Crippen LogP contribution in [0.15, 0.2) is 10.9 Å². The van der Waals surface area contributed by atoms with Gasteiger partial charge in [0.2, 0.25) is 11.9 Å². The molecule has 2 aliphatic heterocycles. The van der Waals surface area contributed by atoms with E-state index in [0.29, 0.717) is 38.0 Å². The van der Waals surface area contributed by atoms with Crippen molar-refractivity contribution >= 4 is 11.9 Å². The van der Waals surface area contributed by atoms with E-state index in [-0.39, 0.29) is 17.5 Å². The molecule has 1 amide bonds. The quantitative estimate of drug-likeness (QED) is 0.769. The van der Waals surface area contributed by atoms with Gasteiger partial charge in [0.1, 0.15) is 0 Å². The summed E-state index contributed by atoms with van der Waals surface area (Å²) in [4.78, 5) is 33.1. The fraction of sp³-hybridized carbons (Fsp3) is 0.667. The van der Waals surface area contributed by atoms with E-state index in [1.807, 2.05) is 11.8 Å². The number of hydrogen-bond acceptors (Lipinski definition) is 6. The van der Waals surface area contributed by atoms with Gasteiger partial charge in [-0.15, -0.1) is 0 Å². The summed E-state index contributed by atoms with van der Waals surface area (Å²) in [6.07, 6.45) is 0.820. The Hall–Kier alpha value is -1.93. The maximum atomic E-state index is 12.2. The minimum absolute atomic E-state index is 0.0326. The van der Waals surface area contributed by atoms with Crippen molar-refractivity contribution in [3.63, 3.8) is 0 Å². The SMILES string of the molecule is COCc1cc(=O)[nH]c(N2CCC(NC(=O)C3(C)COC3)C2)n1. The molecule has 0 spiro atoms. The molecule has 0 saturated carbocycles. The van der Waals surface area contributed by atoms with Crippen molar-refractivity contribution in [1.29, 1.82) is 0 Å². The van der Waals surface area contributed by atoms with Crippen molar-refractivity contribution in [2.75, 3.05) is 38.3 Å². The standard InChI is InChI=1S/C15H22N4O4/c1-15(8-23-9-15)13(21)16-10-3-4-19(6-10)14-17-11(7-22-2)5-12(20)18-14/h5,10H,3-4,6-9H2,1-2H3,(H,16,21)(H,17,18,20). The molecule has 1 atom stereocenters. The third-order valence-electron chi connectivity index (χ3n) is 4.29. The average molecular weight is 322 g/mol. The number of nitrogens with zero attached hydrogens (tertiary/aromatic N) is 2. The average Bonchev–Trinajstić information content (AvgIpc) is 2.93. The highest BCUT2D eigenvalue weighted by atomic mass is 16.5. The van der Waals surface area contributed by atoms with Crippen LogP contribution in [-0.4, -0.2) is 55.3 Å². The topological polar surface area (TPSA) is 96.6 Å². The number of carbonyl (C=O) groups excluding carboxylic acids is 1. The van der Waals surface area contributed by atoms with Crippen LogP contribution in [0.5, 0.6) is 0 Å². The molecule has 2 saturated heterocycles. The Morgan fingerprint density at radius 3 is 3.04 bits per heavy atom. The molecule has 2 aliphatic rings. The van der Waals surface area contributed by atoms with Crippen LogP contribution >= 0.6 is 0 Å². The summed E-state index contributed by atoms with van der Waals surface area (Å²) in [7, 11) is 1.56. The molecule has 0 bridgehead atoms. The molecule has 0 aliphatic carbocycles. The summed E-state index contributed by atoms with van der Waals surface area (Å²) in [5.74, 6) is 0.560. The Morgan fingerprint density at radius 2 is 2.39 bits per heavy atom. The smallest absolute Gasteiger partial charge is 0.252 e. The van der Waals surface area contributed by atoms with E-state index >= 15 is 0 Å². The molecule has 0 aromatic carbocycles. The Kier molecular flexibility index (Phi) is 4.36. The van der Waals surface area contributed by atoms with Gasteiger partial charge in [-0.3, -0.25) is 14.6 Å². The molecule has 8 nitrogen and oxygen atoms in total. The molecule has 23 heavy (non-hydrogen) atoms. The lowest BCUT2D eigenvalue weighted by Crippen LogP contribution is -2.54. The first-order valence-corrected chi connectivity index (χ1v) is 7.73. The van der Waals surface area contributed by atoms with Gasteiger partial charge in [0, 0.05) is 32.3 Å². The van der Waals surface area contributed by atoms with Crippen molar-refractivity contribution in [1.82, 2.24) is 15.3 Å². The Labute approximate surface area is 134 Å². The number of ether oxygens (including phenoxy) is 2. The number of anilines is 1. The summed E-state index contributed by atoms with van der Waals surface area (Å²) in [6, 6.07) is 1.48. The van der Waals surface area contributed by atoms with Crippen LogP contribution < -0.4 is 15.8 Å². The van der Waals surface area contributed by atoms with Crippen LogP contribution in [0.25, 0.3) is 0 Å². The number of carbonyl (C=O) groups is 1. The molecule has 1 aromatic heterocycles. The van der Waals surface area contributed by atoms with Gasteiger partial charge >= 0.3 is 0 Å². The van der Waals surface area contributed by atoms with Crippen molar-refractivity contribution in [3.8, 4) is 0 Å². The summed E-state index contributed by atoms with van der Waals surface area (Å²) >= 11 is 0. The zero-order chi connectivity index (χ0) is 16.4. The van der Waals surface area contributed by atoms with E-state index in [1.165, 1.54) is 6.07 Å². The summed E-state index contributed by atoms with van der Waals surface area (Å²) in [5.41, 5.74) is -0.00947. The predicted octanol–water partition coefficient (Wildman–Crippen LogP) is -0.352. The number of aromatic nitrogens is 2. The monoisotopic (exact) mass is 322 g/mol. The Balaban J connectivity index is 1.63. The first kappa shape index (κ1) is 15.9. The number of amides is 1. The maximum absolute atomic E-state index is 12.2. The van der Waals surface area contributed by atoms with E-state index in [9.17, 15) is 9.59 Å². The largest absolute Gasteiger partial charge is 0.379 e. The molecule has 3 rings (SSSR count). The minimum atomic E-state index is -0.404. The van der Waals surface area contributed by atoms with E-state index in [2.05, 4.69) is 15.3 Å². The minimum Gasteiger partial charge on any atom is -0.379 e. The number of aromatic amines is 1. The van der Waals surface area contributed by atoms with Gasteiger partial charge in [0.25, 0.3) is 5.56 Å². The number of hydrogen-bond donors (Lipinski definition) is 2. The van der Waals surface area contributed by atoms with Gasteiger partial charge in [0.05, 0.1) is 30.9 Å². The van der Waals surface area contributed by atoms with Gasteiger partial charge in [-0.05, 0) is 13.3 Å². The zero-order valence-electron chi connectivity index (χ0n) is 13.4. The van der Waals surface area contributed by atoms with E-state index in [0.717, 1.165) is 13.0 Å². The highest BCUT2D eigenvalue weighted by molar-refractivity contribution is 5.83.